The Labute approximate surface area is 120 Å². The zero-order valence-electron chi connectivity index (χ0n) is 12.3. The van der Waals surface area contributed by atoms with E-state index in [0.29, 0.717) is 6.61 Å². The van der Waals surface area contributed by atoms with Gasteiger partial charge in [-0.3, -0.25) is 4.98 Å². The number of hydrogen-bond donors (Lipinski definition) is 2. The Balaban J connectivity index is 2.21. The first kappa shape index (κ1) is 14.8. The van der Waals surface area contributed by atoms with E-state index in [-0.39, 0.29) is 0 Å². The minimum atomic E-state index is 0.695. The Morgan fingerprint density at radius 2 is 2.05 bits per heavy atom. The molecule has 20 heavy (non-hydrogen) atoms. The number of hydrogen-bond acceptors (Lipinski definition) is 4. The molecule has 0 bridgehead atoms. The predicted octanol–water partition coefficient (Wildman–Crippen LogP) is 2.79. The molecule has 0 aliphatic rings. The fraction of sp³-hybridized carbons (Fsp3) is 0.438. The monoisotopic (exact) mass is 273 g/mol. The lowest BCUT2D eigenvalue weighted by atomic mass is 10.1. The smallest absolute Gasteiger partial charge is 0.0726 e. The molecule has 4 heteroatoms. The van der Waals surface area contributed by atoms with Gasteiger partial charge in [0, 0.05) is 31.3 Å². The molecule has 0 fully saturated rings. The fourth-order valence-corrected chi connectivity index (χ4v) is 2.15. The third kappa shape index (κ3) is 3.92. The molecule has 0 saturated carbocycles. The molecule has 0 atom stereocenters. The Kier molecular flexibility index (Phi) is 5.77. The summed E-state index contributed by atoms with van der Waals surface area (Å²) >= 11 is 0. The number of aromatic nitrogens is 1. The Morgan fingerprint density at radius 3 is 2.85 bits per heavy atom. The topological polar surface area (TPSA) is 46.2 Å². The molecular formula is C16H23N3O. The van der Waals surface area contributed by atoms with E-state index < -0.39 is 0 Å². The number of nitrogens with zero attached hydrogens (tertiary/aromatic N) is 1. The van der Waals surface area contributed by atoms with Crippen molar-refractivity contribution >= 4 is 16.6 Å². The quantitative estimate of drug-likeness (QED) is 0.726. The van der Waals surface area contributed by atoms with Crippen molar-refractivity contribution in [3.05, 3.63) is 36.0 Å². The van der Waals surface area contributed by atoms with Crippen LogP contribution >= 0.6 is 0 Å². The summed E-state index contributed by atoms with van der Waals surface area (Å²) in [6, 6.07) is 10.3. The minimum absolute atomic E-state index is 0.695. The van der Waals surface area contributed by atoms with Crippen LogP contribution in [0.15, 0.2) is 30.3 Å². The number of ether oxygens (including phenoxy) is 1. The molecule has 2 aromatic rings. The largest absolute Gasteiger partial charge is 0.383 e. The van der Waals surface area contributed by atoms with Gasteiger partial charge in [0.25, 0.3) is 0 Å². The van der Waals surface area contributed by atoms with Crippen molar-refractivity contribution < 1.29 is 4.74 Å². The summed E-state index contributed by atoms with van der Waals surface area (Å²) < 4.78 is 5.09. The second-order valence-corrected chi connectivity index (χ2v) is 4.77. The van der Waals surface area contributed by atoms with Crippen molar-refractivity contribution in [1.29, 1.82) is 0 Å². The van der Waals surface area contributed by atoms with E-state index in [2.05, 4.69) is 35.8 Å². The summed E-state index contributed by atoms with van der Waals surface area (Å²) in [5.41, 5.74) is 3.22. The van der Waals surface area contributed by atoms with E-state index in [1.807, 2.05) is 12.1 Å². The first-order valence-corrected chi connectivity index (χ1v) is 7.17. The average molecular weight is 273 g/mol. The Bertz CT molecular complexity index is 542. The SMILES string of the molecule is CCCNCc1cc(NCCOC)c2ccccc2n1. The van der Waals surface area contributed by atoms with Gasteiger partial charge in [-0.05, 0) is 25.1 Å². The van der Waals surface area contributed by atoms with Gasteiger partial charge in [-0.1, -0.05) is 25.1 Å². The lowest BCUT2D eigenvalue weighted by molar-refractivity contribution is 0.211. The maximum absolute atomic E-state index is 5.09. The van der Waals surface area contributed by atoms with Crippen LogP contribution in [0.5, 0.6) is 0 Å². The molecule has 0 spiro atoms. The predicted molar refractivity (Wildman–Crippen MR) is 84.1 cm³/mol. The van der Waals surface area contributed by atoms with E-state index in [4.69, 9.17) is 9.72 Å². The fourth-order valence-electron chi connectivity index (χ4n) is 2.15. The molecule has 1 aromatic heterocycles. The Hall–Kier alpha value is -1.65. The highest BCUT2D eigenvalue weighted by Crippen LogP contribution is 2.22. The highest BCUT2D eigenvalue weighted by molar-refractivity contribution is 5.91. The molecule has 0 unspecified atom stereocenters. The maximum Gasteiger partial charge on any atom is 0.0726 e. The number of nitrogens with one attached hydrogen (secondary N) is 2. The van der Waals surface area contributed by atoms with Crippen molar-refractivity contribution in [3.8, 4) is 0 Å². The van der Waals surface area contributed by atoms with Crippen LogP contribution in [0.25, 0.3) is 10.9 Å². The standard InChI is InChI=1S/C16H23N3O/c1-3-8-17-12-13-11-16(18-9-10-20-2)14-6-4-5-7-15(14)19-13/h4-7,11,17H,3,8-10,12H2,1-2H3,(H,18,19). The molecule has 0 amide bonds. The van der Waals surface area contributed by atoms with E-state index in [1.165, 1.54) is 0 Å². The second kappa shape index (κ2) is 7.82. The third-order valence-corrected chi connectivity index (χ3v) is 3.12. The molecule has 0 aliphatic carbocycles. The summed E-state index contributed by atoms with van der Waals surface area (Å²) in [6.07, 6.45) is 1.13. The highest BCUT2D eigenvalue weighted by Gasteiger charge is 2.05. The van der Waals surface area contributed by atoms with Gasteiger partial charge < -0.3 is 15.4 Å². The van der Waals surface area contributed by atoms with Crippen LogP contribution in [-0.2, 0) is 11.3 Å². The molecule has 108 valence electrons. The summed E-state index contributed by atoms with van der Waals surface area (Å²) in [5, 5.41) is 7.98. The first-order chi connectivity index (χ1) is 9.85. The maximum atomic E-state index is 5.09. The molecule has 0 saturated heterocycles. The number of methoxy groups -OCH3 is 1. The number of benzene rings is 1. The summed E-state index contributed by atoms with van der Waals surface area (Å²) in [7, 11) is 1.71. The molecule has 2 rings (SSSR count). The Morgan fingerprint density at radius 1 is 1.20 bits per heavy atom. The van der Waals surface area contributed by atoms with Crippen LogP contribution in [0.2, 0.25) is 0 Å². The van der Waals surface area contributed by atoms with Crippen LogP contribution in [-0.4, -0.2) is 31.8 Å². The lowest BCUT2D eigenvalue weighted by Gasteiger charge is -2.12. The second-order valence-electron chi connectivity index (χ2n) is 4.77. The molecule has 1 aromatic carbocycles. The summed E-state index contributed by atoms with van der Waals surface area (Å²) in [4.78, 5) is 4.70. The van der Waals surface area contributed by atoms with Crippen LogP contribution in [0, 0.1) is 0 Å². The van der Waals surface area contributed by atoms with Crippen LogP contribution in [0.4, 0.5) is 5.69 Å². The van der Waals surface area contributed by atoms with Gasteiger partial charge in [0.1, 0.15) is 0 Å². The number of anilines is 1. The average Bonchev–Trinajstić information content (AvgIpc) is 2.48. The van der Waals surface area contributed by atoms with E-state index in [1.54, 1.807) is 7.11 Å². The van der Waals surface area contributed by atoms with Crippen LogP contribution in [0.3, 0.4) is 0 Å². The summed E-state index contributed by atoms with van der Waals surface area (Å²) in [6.45, 7) is 5.48. The molecule has 0 radical (unpaired) electrons. The molecule has 1 heterocycles. The van der Waals surface area contributed by atoms with Crippen molar-refractivity contribution in [2.75, 3.05) is 32.1 Å². The zero-order chi connectivity index (χ0) is 14.2. The van der Waals surface area contributed by atoms with Gasteiger partial charge >= 0.3 is 0 Å². The molecule has 2 N–H and O–H groups in total. The van der Waals surface area contributed by atoms with E-state index in [0.717, 1.165) is 48.3 Å². The normalized spacial score (nSPS) is 10.9. The van der Waals surface area contributed by atoms with Gasteiger partial charge in [-0.2, -0.15) is 0 Å². The first-order valence-electron chi connectivity index (χ1n) is 7.17. The van der Waals surface area contributed by atoms with Gasteiger partial charge in [-0.15, -0.1) is 0 Å². The van der Waals surface area contributed by atoms with Crippen LogP contribution in [0.1, 0.15) is 19.0 Å². The summed E-state index contributed by atoms with van der Waals surface area (Å²) in [5.74, 6) is 0. The highest BCUT2D eigenvalue weighted by atomic mass is 16.5. The van der Waals surface area contributed by atoms with E-state index >= 15 is 0 Å². The van der Waals surface area contributed by atoms with Crippen molar-refractivity contribution in [3.63, 3.8) is 0 Å². The third-order valence-electron chi connectivity index (χ3n) is 3.12. The molecule has 4 nitrogen and oxygen atoms in total. The number of fused-ring (bicyclic) bond motifs is 1. The van der Waals surface area contributed by atoms with Gasteiger partial charge in [0.15, 0.2) is 0 Å². The van der Waals surface area contributed by atoms with Crippen molar-refractivity contribution in [1.82, 2.24) is 10.3 Å². The minimum Gasteiger partial charge on any atom is -0.383 e. The lowest BCUT2D eigenvalue weighted by Crippen LogP contribution is -2.15. The molecular weight excluding hydrogens is 250 g/mol. The molecule has 0 aliphatic heterocycles. The number of rotatable bonds is 8. The zero-order valence-corrected chi connectivity index (χ0v) is 12.3. The number of pyridine rings is 1. The number of para-hydroxylation sites is 1. The van der Waals surface area contributed by atoms with Gasteiger partial charge in [0.05, 0.1) is 17.8 Å². The van der Waals surface area contributed by atoms with Gasteiger partial charge in [0.2, 0.25) is 0 Å². The van der Waals surface area contributed by atoms with Crippen molar-refractivity contribution in [2.24, 2.45) is 0 Å². The van der Waals surface area contributed by atoms with Gasteiger partial charge in [-0.25, -0.2) is 0 Å². The van der Waals surface area contributed by atoms with Crippen LogP contribution < -0.4 is 10.6 Å². The van der Waals surface area contributed by atoms with Crippen molar-refractivity contribution in [2.45, 2.75) is 19.9 Å². The van der Waals surface area contributed by atoms with E-state index in [9.17, 15) is 0 Å².